The van der Waals surface area contributed by atoms with Crippen LogP contribution in [-0.4, -0.2) is 29.6 Å². The van der Waals surface area contributed by atoms with Crippen LogP contribution in [-0.2, 0) is 29.0 Å². The van der Waals surface area contributed by atoms with Crippen molar-refractivity contribution < 1.29 is 18.9 Å². The Labute approximate surface area is 171 Å². The minimum atomic E-state index is -0.352. The summed E-state index contributed by atoms with van der Waals surface area (Å²) < 4.78 is 9.22. The van der Waals surface area contributed by atoms with Crippen LogP contribution in [0.2, 0.25) is 0 Å². The summed E-state index contributed by atoms with van der Waals surface area (Å²) in [7, 11) is 0. The molecule has 6 heteroatoms. The number of hydrogen-bond acceptors (Lipinski definition) is 3. The van der Waals surface area contributed by atoms with E-state index in [4.69, 9.17) is 4.74 Å². The van der Waals surface area contributed by atoms with Gasteiger partial charge in [0.05, 0.1) is 18.7 Å². The molecule has 3 rings (SSSR count). The van der Waals surface area contributed by atoms with E-state index in [1.165, 1.54) is 5.56 Å². The summed E-state index contributed by atoms with van der Waals surface area (Å²) >= 11 is 0. The topological polar surface area (TPSA) is 64.2 Å². The van der Waals surface area contributed by atoms with Crippen LogP contribution in [0.25, 0.3) is 11.0 Å². The number of imidazole rings is 1. The first-order chi connectivity index (χ1) is 14.0. The Morgan fingerprint density at radius 3 is 2.55 bits per heavy atom. The van der Waals surface area contributed by atoms with E-state index in [9.17, 15) is 9.59 Å². The summed E-state index contributed by atoms with van der Waals surface area (Å²) in [6, 6.07) is 15.6. The molecule has 0 bridgehead atoms. The van der Waals surface area contributed by atoms with Crippen molar-refractivity contribution in [1.29, 1.82) is 0 Å². The molecule has 0 aliphatic heterocycles. The number of rotatable bonds is 8. The Bertz CT molecular complexity index is 1010. The van der Waals surface area contributed by atoms with Crippen LogP contribution in [0.3, 0.4) is 0 Å². The Hall–Kier alpha value is -3.15. The second kappa shape index (κ2) is 9.37. The smallest absolute Gasteiger partial charge is 0.338 e. The third kappa shape index (κ3) is 4.65. The predicted octanol–water partition coefficient (Wildman–Crippen LogP) is 2.79. The van der Waals surface area contributed by atoms with Crippen molar-refractivity contribution in [3.63, 3.8) is 0 Å². The van der Waals surface area contributed by atoms with Crippen LogP contribution in [0.5, 0.6) is 0 Å². The largest absolute Gasteiger partial charge is 0.462 e. The number of carbonyl (C=O) groups excluding carboxylic acids is 2. The van der Waals surface area contributed by atoms with Gasteiger partial charge in [0.1, 0.15) is 0 Å². The number of ether oxygens (including phenoxy) is 1. The van der Waals surface area contributed by atoms with E-state index < -0.39 is 0 Å². The molecule has 152 valence electrons. The van der Waals surface area contributed by atoms with Gasteiger partial charge in [0.25, 0.3) is 11.7 Å². The highest BCUT2D eigenvalue weighted by molar-refractivity contribution is 5.93. The van der Waals surface area contributed by atoms with Crippen LogP contribution in [0.1, 0.15) is 35.6 Å². The van der Waals surface area contributed by atoms with Crippen molar-refractivity contribution in [2.75, 3.05) is 13.2 Å². The van der Waals surface area contributed by atoms with E-state index in [1.807, 2.05) is 41.8 Å². The highest BCUT2D eigenvalue weighted by Crippen LogP contribution is 2.17. The zero-order valence-corrected chi connectivity index (χ0v) is 17.3. The third-order valence-corrected chi connectivity index (χ3v) is 5.05. The fourth-order valence-corrected chi connectivity index (χ4v) is 3.59. The molecule has 0 unspecified atom stereocenters. The first kappa shape index (κ1) is 20.6. The minimum absolute atomic E-state index is 0.0503. The normalized spacial score (nSPS) is 10.9. The molecule has 1 heterocycles. The van der Waals surface area contributed by atoms with Gasteiger partial charge in [-0.05, 0) is 38.0 Å². The van der Waals surface area contributed by atoms with Gasteiger partial charge in [0.2, 0.25) is 0 Å². The van der Waals surface area contributed by atoms with Crippen LogP contribution in [0.4, 0.5) is 0 Å². The fourth-order valence-electron chi connectivity index (χ4n) is 3.59. The number of amides is 1. The fraction of sp³-hybridized carbons (Fsp3) is 0.348. The number of aromatic nitrogens is 2. The molecule has 0 saturated carbocycles. The van der Waals surface area contributed by atoms with Crippen molar-refractivity contribution in [1.82, 2.24) is 9.88 Å². The molecule has 1 N–H and O–H groups in total. The first-order valence-electron chi connectivity index (χ1n) is 10.1. The standard InChI is InChI=1S/C23H27N3O3/c1-4-25-17(3)26(16-22(27)24-14-13-18-9-7-6-8-10-18)21-15-19(11-12-20(21)25)23(28)29-5-2/h6-12,15H,4-5,13-14,16H2,1-3H3/p+1. The Morgan fingerprint density at radius 1 is 1.10 bits per heavy atom. The number of esters is 1. The number of fused-ring (bicyclic) bond motifs is 1. The number of hydrogen-bond donors (Lipinski definition) is 1. The van der Waals surface area contributed by atoms with E-state index in [0.29, 0.717) is 18.7 Å². The van der Waals surface area contributed by atoms with Crippen LogP contribution < -0.4 is 9.88 Å². The highest BCUT2D eigenvalue weighted by atomic mass is 16.5. The van der Waals surface area contributed by atoms with Gasteiger partial charge in [-0.2, -0.15) is 0 Å². The predicted molar refractivity (Wildman–Crippen MR) is 112 cm³/mol. The van der Waals surface area contributed by atoms with Crippen LogP contribution in [0, 0.1) is 6.92 Å². The summed E-state index contributed by atoms with van der Waals surface area (Å²) in [5.74, 6) is 0.572. The maximum atomic E-state index is 12.6. The second-order valence-corrected chi connectivity index (χ2v) is 6.89. The van der Waals surface area contributed by atoms with Crippen molar-refractivity contribution in [2.24, 2.45) is 0 Å². The van der Waals surface area contributed by atoms with Crippen molar-refractivity contribution in [3.05, 3.63) is 65.5 Å². The van der Waals surface area contributed by atoms with E-state index >= 15 is 0 Å². The van der Waals surface area contributed by atoms with Gasteiger partial charge >= 0.3 is 5.97 Å². The number of nitrogens with one attached hydrogen (secondary N) is 1. The average Bonchev–Trinajstić information content (AvgIpc) is 2.99. The lowest BCUT2D eigenvalue weighted by Crippen LogP contribution is -2.36. The molecule has 1 aromatic heterocycles. The summed E-state index contributed by atoms with van der Waals surface area (Å²) in [4.78, 5) is 24.7. The molecule has 0 saturated heterocycles. The monoisotopic (exact) mass is 394 g/mol. The lowest BCUT2D eigenvalue weighted by molar-refractivity contribution is -0.674. The Morgan fingerprint density at radius 2 is 1.86 bits per heavy atom. The number of aryl methyl sites for hydroxylation is 1. The molecular formula is C23H28N3O3+. The van der Waals surface area contributed by atoms with Gasteiger partial charge in [-0.3, -0.25) is 4.79 Å². The lowest BCUT2D eigenvalue weighted by Gasteiger charge is -2.05. The van der Waals surface area contributed by atoms with Crippen molar-refractivity contribution in [2.45, 2.75) is 40.3 Å². The Kier molecular flexibility index (Phi) is 6.65. The Balaban J connectivity index is 1.79. The molecule has 0 atom stereocenters. The van der Waals surface area contributed by atoms with E-state index in [1.54, 1.807) is 13.0 Å². The molecule has 3 aromatic rings. The molecule has 0 fully saturated rings. The van der Waals surface area contributed by atoms with Gasteiger partial charge in [-0.1, -0.05) is 30.3 Å². The average molecular weight is 394 g/mol. The van der Waals surface area contributed by atoms with Crippen molar-refractivity contribution >= 4 is 22.9 Å². The quantitative estimate of drug-likeness (QED) is 0.472. The zero-order chi connectivity index (χ0) is 20.8. The van der Waals surface area contributed by atoms with Gasteiger partial charge < -0.3 is 10.1 Å². The number of benzene rings is 2. The molecule has 29 heavy (non-hydrogen) atoms. The molecule has 0 aliphatic carbocycles. The third-order valence-electron chi connectivity index (χ3n) is 5.05. The molecule has 0 radical (unpaired) electrons. The van der Waals surface area contributed by atoms with E-state index in [-0.39, 0.29) is 18.4 Å². The van der Waals surface area contributed by atoms with Crippen LogP contribution in [0.15, 0.2) is 48.5 Å². The van der Waals surface area contributed by atoms with E-state index in [2.05, 4.69) is 28.9 Å². The molecule has 0 spiro atoms. The summed E-state index contributed by atoms with van der Waals surface area (Å²) in [5, 5.41) is 3.00. The lowest BCUT2D eigenvalue weighted by atomic mass is 10.1. The second-order valence-electron chi connectivity index (χ2n) is 6.89. The minimum Gasteiger partial charge on any atom is -0.462 e. The highest BCUT2D eigenvalue weighted by Gasteiger charge is 2.24. The summed E-state index contributed by atoms with van der Waals surface area (Å²) in [5.41, 5.74) is 3.53. The van der Waals surface area contributed by atoms with Gasteiger partial charge in [0, 0.05) is 19.5 Å². The molecule has 6 nitrogen and oxygen atoms in total. The van der Waals surface area contributed by atoms with Gasteiger partial charge in [-0.15, -0.1) is 0 Å². The maximum Gasteiger partial charge on any atom is 0.338 e. The number of carbonyl (C=O) groups is 2. The maximum absolute atomic E-state index is 12.6. The zero-order valence-electron chi connectivity index (χ0n) is 17.3. The summed E-state index contributed by atoms with van der Waals surface area (Å²) in [6.45, 7) is 7.74. The van der Waals surface area contributed by atoms with Gasteiger partial charge in [-0.25, -0.2) is 13.9 Å². The number of nitrogens with zero attached hydrogens (tertiary/aromatic N) is 2. The summed E-state index contributed by atoms with van der Waals surface area (Å²) in [6.07, 6.45) is 0.792. The molecule has 0 aliphatic rings. The molecule has 1 amide bonds. The van der Waals surface area contributed by atoms with Crippen molar-refractivity contribution in [3.8, 4) is 0 Å². The molecular weight excluding hydrogens is 366 g/mol. The van der Waals surface area contributed by atoms with E-state index in [0.717, 1.165) is 29.8 Å². The van der Waals surface area contributed by atoms with Gasteiger partial charge in [0.15, 0.2) is 17.6 Å². The first-order valence-corrected chi connectivity index (χ1v) is 10.1. The SMILES string of the molecule is CCOC(=O)c1ccc2c(c1)n(CC(=O)NCCc1ccccc1)c(C)[n+]2CC. The molecule has 2 aromatic carbocycles. The van der Waals surface area contributed by atoms with Crippen LogP contribution >= 0.6 is 0 Å².